The maximum Gasteiger partial charge on any atom is 0.310 e. The van der Waals surface area contributed by atoms with Crippen LogP contribution in [0.1, 0.15) is 18.4 Å². The van der Waals surface area contributed by atoms with Gasteiger partial charge in [-0.2, -0.15) is 9.37 Å². The van der Waals surface area contributed by atoms with Crippen LogP contribution in [-0.2, 0) is 0 Å². The van der Waals surface area contributed by atoms with Crippen molar-refractivity contribution >= 4 is 5.82 Å². The summed E-state index contributed by atoms with van der Waals surface area (Å²) in [6.07, 6.45) is -1.33. The Bertz CT molecular complexity index is 377. The second-order valence-electron chi connectivity index (χ2n) is 3.75. The van der Waals surface area contributed by atoms with Gasteiger partial charge >= 0.3 is 6.08 Å². The van der Waals surface area contributed by atoms with E-state index in [0.717, 1.165) is 0 Å². The summed E-state index contributed by atoms with van der Waals surface area (Å²) in [4.78, 5) is 6.79. The minimum absolute atomic E-state index is 0.153. The molecule has 82 valence electrons. The topological polar surface area (TPSA) is 37.8 Å². The Hall–Kier alpha value is -1.33. The zero-order chi connectivity index (χ0) is 11.1. The smallest absolute Gasteiger partial charge is 0.310 e. The molecule has 0 aromatic carbocycles. The summed E-state index contributed by atoms with van der Waals surface area (Å²) in [6, 6.07) is 0. The Morgan fingerprint density at radius 3 is 2.67 bits per heavy atom. The second-order valence-corrected chi connectivity index (χ2v) is 3.75. The Morgan fingerprint density at radius 1 is 1.47 bits per heavy atom. The number of hydrogen-bond donors (Lipinski definition) is 1. The molecule has 1 aromatic rings. The van der Waals surface area contributed by atoms with Gasteiger partial charge in [0.25, 0.3) is 6.43 Å². The van der Waals surface area contributed by atoms with Crippen LogP contribution in [0.4, 0.5) is 19.0 Å². The summed E-state index contributed by atoms with van der Waals surface area (Å²) in [7, 11) is 0. The number of halogens is 3. The lowest BCUT2D eigenvalue weighted by atomic mass is 10.2. The number of aromatic nitrogens is 2. The maximum atomic E-state index is 12.7. The molecule has 6 heteroatoms. The molecule has 1 aliphatic carbocycles. The molecular weight excluding hydrogens is 207 g/mol. The fourth-order valence-corrected chi connectivity index (χ4v) is 1.32. The van der Waals surface area contributed by atoms with Crippen molar-refractivity contribution in [3.8, 4) is 0 Å². The molecule has 3 nitrogen and oxygen atoms in total. The van der Waals surface area contributed by atoms with Crippen LogP contribution in [-0.4, -0.2) is 21.9 Å². The van der Waals surface area contributed by atoms with Crippen molar-refractivity contribution in [2.75, 3.05) is 5.32 Å². The molecule has 1 N–H and O–H groups in total. The largest absolute Gasteiger partial charge is 0.359 e. The Kier molecular flexibility index (Phi) is 2.28. The first-order valence-electron chi connectivity index (χ1n) is 4.59. The molecule has 0 unspecified atom stereocenters. The number of nitrogens with zero attached hydrogens (tertiary/aromatic N) is 2. The molecule has 2 rings (SSSR count). The van der Waals surface area contributed by atoms with Crippen LogP contribution in [0.2, 0.25) is 0 Å². The van der Waals surface area contributed by atoms with E-state index in [-0.39, 0.29) is 5.82 Å². The van der Waals surface area contributed by atoms with E-state index in [1.165, 1.54) is 6.20 Å². The van der Waals surface area contributed by atoms with Crippen LogP contribution < -0.4 is 5.32 Å². The van der Waals surface area contributed by atoms with Crippen molar-refractivity contribution < 1.29 is 13.2 Å². The Morgan fingerprint density at radius 2 is 2.13 bits per heavy atom. The molecule has 1 fully saturated rings. The fraction of sp³-hybridized carbons (Fsp3) is 0.556. The van der Waals surface area contributed by atoms with Gasteiger partial charge in [0.2, 0.25) is 0 Å². The molecule has 1 aliphatic rings. The number of nitrogens with one attached hydrogen (secondary N) is 1. The van der Waals surface area contributed by atoms with E-state index in [1.807, 2.05) is 0 Å². The normalized spacial score (nSPS) is 17.9. The van der Waals surface area contributed by atoms with Crippen LogP contribution in [0.5, 0.6) is 0 Å². The molecule has 15 heavy (non-hydrogen) atoms. The maximum absolute atomic E-state index is 12.7. The average Bonchev–Trinajstić information content (AvgIpc) is 2.92. The third-order valence-electron chi connectivity index (χ3n) is 2.52. The van der Waals surface area contributed by atoms with E-state index >= 15 is 0 Å². The molecule has 0 radical (unpaired) electrons. The van der Waals surface area contributed by atoms with Crippen LogP contribution in [0, 0.1) is 13.0 Å². The minimum Gasteiger partial charge on any atom is -0.359 e. The second kappa shape index (κ2) is 3.36. The van der Waals surface area contributed by atoms with Gasteiger partial charge < -0.3 is 5.32 Å². The third kappa shape index (κ3) is 1.88. The first-order valence-corrected chi connectivity index (χ1v) is 4.59. The van der Waals surface area contributed by atoms with E-state index < -0.39 is 18.0 Å². The van der Waals surface area contributed by atoms with Gasteiger partial charge in [-0.3, -0.25) is 0 Å². The van der Waals surface area contributed by atoms with Gasteiger partial charge in [0.1, 0.15) is 5.82 Å². The SMILES string of the molecule is Cc1cnc(F)nc1NC1(C(F)F)CC1. The predicted octanol–water partition coefficient (Wildman–Crippen LogP) is 2.13. The summed E-state index contributed by atoms with van der Waals surface area (Å²) in [5.74, 6) is 0.153. The molecule has 0 aliphatic heterocycles. The number of anilines is 1. The van der Waals surface area contributed by atoms with E-state index in [0.29, 0.717) is 18.4 Å². The van der Waals surface area contributed by atoms with Gasteiger partial charge in [0.05, 0.1) is 5.54 Å². The quantitative estimate of drug-likeness (QED) is 0.788. The van der Waals surface area contributed by atoms with E-state index in [9.17, 15) is 13.2 Å². The van der Waals surface area contributed by atoms with E-state index in [1.54, 1.807) is 6.92 Å². The number of rotatable bonds is 3. The van der Waals surface area contributed by atoms with Crippen molar-refractivity contribution in [2.45, 2.75) is 31.7 Å². The summed E-state index contributed by atoms with van der Waals surface area (Å²) in [6.45, 7) is 1.64. The molecule has 0 saturated heterocycles. The first-order chi connectivity index (χ1) is 7.03. The summed E-state index contributed by atoms with van der Waals surface area (Å²) < 4.78 is 37.9. The third-order valence-corrected chi connectivity index (χ3v) is 2.52. The highest BCUT2D eigenvalue weighted by Gasteiger charge is 2.51. The van der Waals surface area contributed by atoms with Gasteiger partial charge in [-0.15, -0.1) is 0 Å². The highest BCUT2D eigenvalue weighted by Crippen LogP contribution is 2.43. The molecular formula is C9H10F3N3. The van der Waals surface area contributed by atoms with E-state index in [2.05, 4.69) is 15.3 Å². The lowest BCUT2D eigenvalue weighted by Crippen LogP contribution is -2.31. The van der Waals surface area contributed by atoms with Crippen molar-refractivity contribution in [3.05, 3.63) is 17.8 Å². The highest BCUT2D eigenvalue weighted by atomic mass is 19.3. The molecule has 1 aromatic heterocycles. The summed E-state index contributed by atoms with van der Waals surface area (Å²) in [5, 5.41) is 2.60. The van der Waals surface area contributed by atoms with Gasteiger partial charge in [-0.1, -0.05) is 0 Å². The van der Waals surface area contributed by atoms with Crippen molar-refractivity contribution in [2.24, 2.45) is 0 Å². The molecule has 0 atom stereocenters. The number of hydrogen-bond acceptors (Lipinski definition) is 3. The molecule has 0 spiro atoms. The van der Waals surface area contributed by atoms with Crippen LogP contribution in [0.3, 0.4) is 0 Å². The fourth-order valence-electron chi connectivity index (χ4n) is 1.32. The summed E-state index contributed by atoms with van der Waals surface area (Å²) >= 11 is 0. The van der Waals surface area contributed by atoms with Crippen molar-refractivity contribution in [1.29, 1.82) is 0 Å². The molecule has 1 saturated carbocycles. The molecule has 0 amide bonds. The minimum atomic E-state index is -2.46. The Balaban J connectivity index is 2.21. The van der Waals surface area contributed by atoms with Gasteiger partial charge in [0.15, 0.2) is 0 Å². The number of aryl methyl sites for hydroxylation is 1. The lowest BCUT2D eigenvalue weighted by Gasteiger charge is -2.17. The van der Waals surface area contributed by atoms with Crippen LogP contribution in [0.25, 0.3) is 0 Å². The first kappa shape index (κ1) is 10.2. The molecule has 0 bridgehead atoms. The van der Waals surface area contributed by atoms with Crippen molar-refractivity contribution in [3.63, 3.8) is 0 Å². The number of alkyl halides is 2. The highest BCUT2D eigenvalue weighted by molar-refractivity contribution is 5.46. The zero-order valence-corrected chi connectivity index (χ0v) is 8.10. The standard InChI is InChI=1S/C9H10F3N3/c1-5-4-13-8(12)14-6(5)15-9(2-3-9)7(10)11/h4,7H,2-3H2,1H3,(H,13,14,15). The predicted molar refractivity (Wildman–Crippen MR) is 48.3 cm³/mol. The Labute approximate surface area is 84.7 Å². The van der Waals surface area contributed by atoms with Crippen molar-refractivity contribution in [1.82, 2.24) is 9.97 Å². The van der Waals surface area contributed by atoms with E-state index in [4.69, 9.17) is 0 Å². The van der Waals surface area contributed by atoms with Crippen LogP contribution >= 0.6 is 0 Å². The monoisotopic (exact) mass is 217 g/mol. The van der Waals surface area contributed by atoms with Gasteiger partial charge in [-0.05, 0) is 19.8 Å². The summed E-state index contributed by atoms with van der Waals surface area (Å²) in [5.41, 5.74) is -0.644. The van der Waals surface area contributed by atoms with Gasteiger partial charge in [-0.25, -0.2) is 13.8 Å². The lowest BCUT2D eigenvalue weighted by molar-refractivity contribution is 0.114. The van der Waals surface area contributed by atoms with Gasteiger partial charge in [0, 0.05) is 11.8 Å². The van der Waals surface area contributed by atoms with Crippen LogP contribution in [0.15, 0.2) is 6.20 Å². The average molecular weight is 217 g/mol. The zero-order valence-electron chi connectivity index (χ0n) is 8.10. The molecule has 1 heterocycles.